The summed E-state index contributed by atoms with van der Waals surface area (Å²) in [6.07, 6.45) is 0.799. The second-order valence-corrected chi connectivity index (χ2v) is 10.2. The minimum atomic E-state index is -0.542. The van der Waals surface area contributed by atoms with E-state index in [1.165, 1.54) is 33.6 Å². The van der Waals surface area contributed by atoms with Crippen LogP contribution in [-0.2, 0) is 4.79 Å². The fourth-order valence-electron chi connectivity index (χ4n) is 5.51. The molecule has 1 N–H and O–H groups in total. The normalized spacial score (nSPS) is 22.8. The Bertz CT molecular complexity index is 1300. The number of carbonyl (C=O) groups is 1. The highest BCUT2D eigenvalue weighted by atomic mass is 35.5. The molecule has 0 spiro atoms. The van der Waals surface area contributed by atoms with Gasteiger partial charge in [-0.3, -0.25) is 4.79 Å². The van der Waals surface area contributed by atoms with Crippen molar-refractivity contribution in [2.45, 2.75) is 25.2 Å². The lowest BCUT2D eigenvalue weighted by Gasteiger charge is -2.50. The number of anilines is 1. The Morgan fingerprint density at radius 1 is 0.969 bits per heavy atom. The molecular weight excluding hydrogens is 436 g/mol. The zero-order chi connectivity index (χ0) is 21.9. The third kappa shape index (κ3) is 2.94. The molecule has 0 aliphatic heterocycles. The molecule has 3 nitrogen and oxygen atoms in total. The van der Waals surface area contributed by atoms with Crippen LogP contribution < -0.4 is 5.32 Å². The van der Waals surface area contributed by atoms with E-state index in [0.717, 1.165) is 17.7 Å². The van der Waals surface area contributed by atoms with E-state index in [1.54, 1.807) is 0 Å². The minimum absolute atomic E-state index is 0.0357. The van der Waals surface area contributed by atoms with Crippen LogP contribution in [0, 0.1) is 5.41 Å². The highest BCUT2D eigenvalue weighted by Gasteiger charge is 2.53. The fourth-order valence-corrected chi connectivity index (χ4v) is 6.35. The number of amides is 1. The Morgan fingerprint density at radius 3 is 2.19 bits per heavy atom. The topological polar surface area (TPSA) is 42.0 Å². The Morgan fingerprint density at radius 2 is 1.56 bits per heavy atom. The van der Waals surface area contributed by atoms with E-state index >= 15 is 0 Å². The number of hydrogen-bond donors (Lipinski definition) is 1. The van der Waals surface area contributed by atoms with Crippen molar-refractivity contribution in [3.63, 3.8) is 0 Å². The van der Waals surface area contributed by atoms with Gasteiger partial charge in [0.25, 0.3) is 0 Å². The molecule has 4 aromatic rings. The number of halogens is 1. The number of rotatable bonds is 3. The van der Waals surface area contributed by atoms with Gasteiger partial charge < -0.3 is 5.32 Å². The van der Waals surface area contributed by atoms with Crippen molar-refractivity contribution in [2.75, 3.05) is 5.32 Å². The van der Waals surface area contributed by atoms with Crippen LogP contribution in [0.1, 0.15) is 47.4 Å². The molecule has 0 radical (unpaired) electrons. The van der Waals surface area contributed by atoms with Crippen LogP contribution in [-0.4, -0.2) is 10.9 Å². The molecule has 1 amide bonds. The van der Waals surface area contributed by atoms with Gasteiger partial charge in [-0.1, -0.05) is 72.3 Å². The summed E-state index contributed by atoms with van der Waals surface area (Å²) in [6, 6.07) is 24.8. The van der Waals surface area contributed by atoms with Gasteiger partial charge in [-0.15, -0.1) is 11.3 Å². The average molecular weight is 457 g/mol. The summed E-state index contributed by atoms with van der Waals surface area (Å²) in [5.41, 5.74) is 6.56. The quantitative estimate of drug-likeness (QED) is 0.357. The third-order valence-electron chi connectivity index (χ3n) is 7.01. The van der Waals surface area contributed by atoms with Crippen LogP contribution in [0.2, 0.25) is 5.02 Å². The molecule has 32 heavy (non-hydrogen) atoms. The lowest BCUT2D eigenvalue weighted by atomic mass is 9.52. The highest BCUT2D eigenvalue weighted by molar-refractivity contribution is 7.14. The maximum Gasteiger partial charge on any atom is 0.233 e. The van der Waals surface area contributed by atoms with Crippen molar-refractivity contribution in [1.82, 2.24) is 4.98 Å². The van der Waals surface area contributed by atoms with Gasteiger partial charge in [0, 0.05) is 27.8 Å². The zero-order valence-corrected chi connectivity index (χ0v) is 19.1. The van der Waals surface area contributed by atoms with Crippen LogP contribution in [0.15, 0.2) is 78.2 Å². The largest absolute Gasteiger partial charge is 0.301 e. The number of thiazole rings is 1. The number of fused-ring (bicyclic) bond motifs is 1. The van der Waals surface area contributed by atoms with E-state index in [4.69, 9.17) is 11.6 Å². The first-order chi connectivity index (χ1) is 15.5. The van der Waals surface area contributed by atoms with E-state index in [9.17, 15) is 4.79 Å². The van der Waals surface area contributed by atoms with Gasteiger partial charge in [-0.2, -0.15) is 0 Å². The Kier molecular flexibility index (Phi) is 4.49. The van der Waals surface area contributed by atoms with Crippen LogP contribution in [0.25, 0.3) is 11.3 Å². The van der Waals surface area contributed by atoms with E-state index in [0.29, 0.717) is 10.2 Å². The first-order valence-corrected chi connectivity index (χ1v) is 12.0. The van der Waals surface area contributed by atoms with E-state index in [1.807, 2.05) is 29.6 Å². The van der Waals surface area contributed by atoms with Crippen LogP contribution in [0.4, 0.5) is 5.13 Å². The lowest BCUT2D eigenvalue weighted by molar-refractivity contribution is -0.126. The van der Waals surface area contributed by atoms with E-state index < -0.39 is 5.41 Å². The van der Waals surface area contributed by atoms with E-state index in [2.05, 4.69) is 65.8 Å². The maximum absolute atomic E-state index is 13.7. The maximum atomic E-state index is 13.7. The van der Waals surface area contributed by atoms with Gasteiger partial charge in [-0.05, 0) is 47.7 Å². The molecule has 1 unspecified atom stereocenters. The predicted octanol–water partition coefficient (Wildman–Crippen LogP) is 7.09. The number of hydrogen-bond acceptors (Lipinski definition) is 3. The number of aromatic nitrogens is 1. The molecule has 1 heterocycles. The Balaban J connectivity index is 1.34. The first-order valence-electron chi connectivity index (χ1n) is 10.8. The number of benzene rings is 3. The summed E-state index contributed by atoms with van der Waals surface area (Å²) in [4.78, 5) is 18.4. The third-order valence-corrected chi connectivity index (χ3v) is 8.02. The number of carbonyl (C=O) groups excluding carboxylic acids is 1. The van der Waals surface area contributed by atoms with Crippen molar-refractivity contribution in [3.05, 3.63) is 105 Å². The summed E-state index contributed by atoms with van der Waals surface area (Å²) in [7, 11) is 0. The zero-order valence-electron chi connectivity index (χ0n) is 17.5. The van der Waals surface area contributed by atoms with Crippen molar-refractivity contribution in [2.24, 2.45) is 5.41 Å². The van der Waals surface area contributed by atoms with Gasteiger partial charge in [0.2, 0.25) is 5.91 Å². The number of nitrogens with one attached hydrogen (secondary N) is 1. The summed E-state index contributed by atoms with van der Waals surface area (Å²) >= 11 is 7.46. The predicted molar refractivity (Wildman–Crippen MR) is 130 cm³/mol. The standard InChI is InChI=1S/C27H21ClN2OS/c1-27(25(31)30-26-29-23(15-32-26)16-10-12-17(28)13-11-16)14-22-18-6-2-4-8-20(18)24(27)21-9-5-3-7-19(21)22/h2-13,15,22,24H,14H2,1H3,(H,29,30,31). The van der Waals surface area contributed by atoms with Gasteiger partial charge in [0.05, 0.1) is 11.1 Å². The molecule has 1 aromatic heterocycles. The first kappa shape index (κ1) is 19.7. The Labute approximate surface area is 196 Å². The van der Waals surface area contributed by atoms with Gasteiger partial charge in [0.1, 0.15) is 0 Å². The van der Waals surface area contributed by atoms with Gasteiger partial charge in [-0.25, -0.2) is 4.98 Å². The lowest BCUT2D eigenvalue weighted by Crippen LogP contribution is -2.47. The molecule has 0 fully saturated rings. The fraction of sp³-hybridized carbons (Fsp3) is 0.185. The van der Waals surface area contributed by atoms with E-state index in [-0.39, 0.29) is 17.7 Å². The van der Waals surface area contributed by atoms with Crippen molar-refractivity contribution in [1.29, 1.82) is 0 Å². The van der Waals surface area contributed by atoms with Gasteiger partial charge in [0.15, 0.2) is 5.13 Å². The van der Waals surface area contributed by atoms with Crippen LogP contribution in [0.3, 0.4) is 0 Å². The molecule has 0 saturated carbocycles. The molecule has 1 atom stereocenters. The summed E-state index contributed by atoms with van der Waals surface area (Å²) in [6.45, 7) is 2.11. The highest BCUT2D eigenvalue weighted by Crippen LogP contribution is 2.61. The monoisotopic (exact) mass is 456 g/mol. The SMILES string of the molecule is CC1(C(=O)Nc2nc(-c3ccc(Cl)cc3)cs2)CC2c3ccccc3C1c1ccccc12. The summed E-state index contributed by atoms with van der Waals surface area (Å²) in [5.74, 6) is 0.313. The molecule has 7 rings (SSSR count). The molecule has 158 valence electrons. The molecule has 3 aliphatic rings. The average Bonchev–Trinajstić information content (AvgIpc) is 3.28. The smallest absolute Gasteiger partial charge is 0.233 e. The van der Waals surface area contributed by atoms with Crippen LogP contribution >= 0.6 is 22.9 Å². The van der Waals surface area contributed by atoms with Crippen molar-refractivity contribution < 1.29 is 4.79 Å². The minimum Gasteiger partial charge on any atom is -0.301 e. The Hall–Kier alpha value is -2.95. The number of nitrogens with zero attached hydrogens (tertiary/aromatic N) is 1. The molecule has 5 heteroatoms. The molecule has 3 aromatic carbocycles. The summed E-state index contributed by atoms with van der Waals surface area (Å²) in [5, 5.41) is 6.44. The van der Waals surface area contributed by atoms with Gasteiger partial charge >= 0.3 is 0 Å². The van der Waals surface area contributed by atoms with Crippen LogP contribution in [0.5, 0.6) is 0 Å². The second-order valence-electron chi connectivity index (χ2n) is 8.86. The van der Waals surface area contributed by atoms with Crippen molar-refractivity contribution >= 4 is 34.0 Å². The molecular formula is C27H21ClN2OS. The molecule has 3 aliphatic carbocycles. The second kappa shape index (κ2) is 7.29. The summed E-state index contributed by atoms with van der Waals surface area (Å²) < 4.78 is 0. The molecule has 2 bridgehead atoms. The molecule has 0 saturated heterocycles. The van der Waals surface area contributed by atoms with Crippen molar-refractivity contribution in [3.8, 4) is 11.3 Å².